The molecule has 1 fully saturated rings. The van der Waals surface area contributed by atoms with Crippen LogP contribution in [0.15, 0.2) is 5.38 Å². The maximum Gasteiger partial charge on any atom is 0.313 e. The molecule has 1 saturated carbocycles. The lowest BCUT2D eigenvalue weighted by Crippen LogP contribution is -2.42. The van der Waals surface area contributed by atoms with Crippen LogP contribution < -0.4 is 5.73 Å². The molecule has 0 aliphatic heterocycles. The minimum atomic E-state index is -0.587. The average molecular weight is 268 g/mol. The Labute approximate surface area is 112 Å². The van der Waals surface area contributed by atoms with Gasteiger partial charge in [-0.05, 0) is 19.3 Å². The zero-order valence-corrected chi connectivity index (χ0v) is 11.8. The van der Waals surface area contributed by atoms with E-state index >= 15 is 0 Å². The summed E-state index contributed by atoms with van der Waals surface area (Å²) in [5.41, 5.74) is 6.26. The molecule has 0 saturated heterocycles. The first-order valence-electron chi connectivity index (χ1n) is 6.29. The molecule has 100 valence electrons. The summed E-state index contributed by atoms with van der Waals surface area (Å²) >= 11 is 1.61. The number of hydrogen-bond acceptors (Lipinski definition) is 5. The monoisotopic (exact) mass is 268 g/mol. The first-order chi connectivity index (χ1) is 8.59. The maximum atomic E-state index is 12.1. The lowest BCUT2D eigenvalue weighted by molar-refractivity contribution is -0.153. The zero-order valence-electron chi connectivity index (χ0n) is 10.9. The molecule has 2 rings (SSSR count). The molecule has 1 atom stereocenters. The van der Waals surface area contributed by atoms with E-state index in [1.54, 1.807) is 11.3 Å². The molecular formula is C13H20N2O2S. The summed E-state index contributed by atoms with van der Waals surface area (Å²) in [7, 11) is 1.44. The largest absolute Gasteiger partial charge is 0.469 e. The summed E-state index contributed by atoms with van der Waals surface area (Å²) in [6.07, 6.45) is 3.83. The van der Waals surface area contributed by atoms with Crippen LogP contribution in [0.25, 0.3) is 0 Å². The summed E-state index contributed by atoms with van der Waals surface area (Å²) in [5, 5.41) is 3.03. The predicted octanol–water partition coefficient (Wildman–Crippen LogP) is 1.91. The van der Waals surface area contributed by atoms with Crippen LogP contribution in [0.4, 0.5) is 0 Å². The van der Waals surface area contributed by atoms with Crippen LogP contribution in [0.1, 0.15) is 30.0 Å². The van der Waals surface area contributed by atoms with Crippen molar-refractivity contribution in [1.82, 2.24) is 4.98 Å². The number of thiazole rings is 1. The van der Waals surface area contributed by atoms with Gasteiger partial charge in [-0.15, -0.1) is 11.3 Å². The van der Waals surface area contributed by atoms with Gasteiger partial charge in [0.25, 0.3) is 0 Å². The maximum absolute atomic E-state index is 12.1. The second-order valence-electron chi connectivity index (χ2n) is 5.16. The van der Waals surface area contributed by atoms with Crippen LogP contribution in [0.3, 0.4) is 0 Å². The average Bonchev–Trinajstić information content (AvgIpc) is 3.09. The number of carbonyl (C=O) groups excluding carboxylic acids is 1. The number of ether oxygens (including phenoxy) is 1. The number of hydrogen-bond donors (Lipinski definition) is 1. The van der Waals surface area contributed by atoms with Crippen molar-refractivity contribution in [3.05, 3.63) is 16.1 Å². The van der Waals surface area contributed by atoms with Crippen molar-refractivity contribution in [2.24, 2.45) is 17.1 Å². The minimum Gasteiger partial charge on any atom is -0.469 e. The summed E-state index contributed by atoms with van der Waals surface area (Å²) in [4.78, 5) is 16.6. The number of carbonyl (C=O) groups is 1. The van der Waals surface area contributed by atoms with Gasteiger partial charge < -0.3 is 10.5 Å². The second kappa shape index (κ2) is 5.36. The highest BCUT2D eigenvalue weighted by Crippen LogP contribution is 2.42. The van der Waals surface area contributed by atoms with Crippen LogP contribution >= 0.6 is 11.3 Å². The van der Waals surface area contributed by atoms with Crippen molar-refractivity contribution in [3.8, 4) is 0 Å². The number of aromatic nitrogens is 1. The van der Waals surface area contributed by atoms with E-state index in [2.05, 4.69) is 4.98 Å². The highest BCUT2D eigenvalue weighted by atomic mass is 32.1. The van der Waals surface area contributed by atoms with Crippen molar-refractivity contribution in [2.75, 3.05) is 13.7 Å². The van der Waals surface area contributed by atoms with E-state index in [1.807, 2.05) is 12.3 Å². The third-order valence-electron chi connectivity index (χ3n) is 3.57. The Bertz CT molecular complexity index is 428. The molecule has 1 aliphatic carbocycles. The molecule has 0 radical (unpaired) electrons. The van der Waals surface area contributed by atoms with Gasteiger partial charge in [-0.1, -0.05) is 12.8 Å². The Morgan fingerprint density at radius 2 is 2.39 bits per heavy atom. The quantitative estimate of drug-likeness (QED) is 0.800. The molecule has 0 amide bonds. The van der Waals surface area contributed by atoms with Crippen molar-refractivity contribution in [1.29, 1.82) is 0 Å². The number of esters is 1. The number of rotatable bonds is 6. The Kier molecular flexibility index (Phi) is 4.02. The SMILES string of the molecule is COC(=O)C(CN)(Cc1csc(C)n1)CC1CC1. The van der Waals surface area contributed by atoms with Crippen molar-refractivity contribution in [3.63, 3.8) is 0 Å². The van der Waals surface area contributed by atoms with E-state index < -0.39 is 5.41 Å². The molecule has 0 spiro atoms. The molecule has 0 bridgehead atoms. The van der Waals surface area contributed by atoms with Gasteiger partial charge in [-0.3, -0.25) is 4.79 Å². The predicted molar refractivity (Wildman–Crippen MR) is 71.4 cm³/mol. The normalized spacial score (nSPS) is 18.4. The molecule has 1 aromatic rings. The minimum absolute atomic E-state index is 0.192. The van der Waals surface area contributed by atoms with Gasteiger partial charge in [-0.2, -0.15) is 0 Å². The van der Waals surface area contributed by atoms with Gasteiger partial charge in [0.2, 0.25) is 0 Å². The van der Waals surface area contributed by atoms with Gasteiger partial charge in [-0.25, -0.2) is 4.98 Å². The van der Waals surface area contributed by atoms with Crippen LogP contribution in [0.5, 0.6) is 0 Å². The number of nitrogens with two attached hydrogens (primary N) is 1. The van der Waals surface area contributed by atoms with Gasteiger partial charge in [0.15, 0.2) is 0 Å². The van der Waals surface area contributed by atoms with E-state index in [4.69, 9.17) is 10.5 Å². The molecule has 1 unspecified atom stereocenters. The smallest absolute Gasteiger partial charge is 0.313 e. The molecule has 1 aromatic heterocycles. The summed E-state index contributed by atoms with van der Waals surface area (Å²) < 4.78 is 4.97. The topological polar surface area (TPSA) is 65.2 Å². The molecule has 0 aromatic carbocycles. The van der Waals surface area contributed by atoms with Crippen molar-refractivity contribution >= 4 is 17.3 Å². The standard InChI is InChI=1S/C13H20N2O2S/c1-9-15-11(7-18-9)6-13(8-14,12(16)17-2)5-10-3-4-10/h7,10H,3-6,8,14H2,1-2H3. The highest BCUT2D eigenvalue weighted by molar-refractivity contribution is 7.09. The molecule has 1 heterocycles. The fourth-order valence-corrected chi connectivity index (χ4v) is 3.01. The molecule has 4 nitrogen and oxygen atoms in total. The van der Waals surface area contributed by atoms with E-state index in [0.717, 1.165) is 17.1 Å². The lowest BCUT2D eigenvalue weighted by atomic mass is 9.78. The van der Waals surface area contributed by atoms with Crippen LogP contribution in [0, 0.1) is 18.3 Å². The fourth-order valence-electron chi connectivity index (χ4n) is 2.39. The van der Waals surface area contributed by atoms with Crippen LogP contribution in [0.2, 0.25) is 0 Å². The third-order valence-corrected chi connectivity index (χ3v) is 4.39. The Morgan fingerprint density at radius 3 is 2.83 bits per heavy atom. The van der Waals surface area contributed by atoms with Crippen LogP contribution in [-0.4, -0.2) is 24.6 Å². The zero-order chi connectivity index (χ0) is 13.2. The lowest BCUT2D eigenvalue weighted by Gasteiger charge is -2.29. The Hall–Kier alpha value is -0.940. The Balaban J connectivity index is 2.18. The van der Waals surface area contributed by atoms with Gasteiger partial charge >= 0.3 is 5.97 Å². The fraction of sp³-hybridized carbons (Fsp3) is 0.692. The second-order valence-corrected chi connectivity index (χ2v) is 6.22. The van der Waals surface area contributed by atoms with E-state index in [-0.39, 0.29) is 5.97 Å². The van der Waals surface area contributed by atoms with E-state index in [1.165, 1.54) is 20.0 Å². The van der Waals surface area contributed by atoms with Crippen LogP contribution in [-0.2, 0) is 16.0 Å². The molecule has 18 heavy (non-hydrogen) atoms. The number of aryl methyl sites for hydroxylation is 1. The molecule has 1 aliphatic rings. The summed E-state index contributed by atoms with van der Waals surface area (Å²) in [6, 6.07) is 0. The summed E-state index contributed by atoms with van der Waals surface area (Å²) in [5.74, 6) is 0.440. The number of nitrogens with zero attached hydrogens (tertiary/aromatic N) is 1. The van der Waals surface area contributed by atoms with Gasteiger partial charge in [0.1, 0.15) is 0 Å². The van der Waals surface area contributed by atoms with Crippen molar-refractivity contribution in [2.45, 2.75) is 32.6 Å². The molecule has 5 heteroatoms. The molecular weight excluding hydrogens is 248 g/mol. The first kappa shape index (κ1) is 13.5. The summed E-state index contributed by atoms with van der Waals surface area (Å²) in [6.45, 7) is 2.30. The van der Waals surface area contributed by atoms with E-state index in [9.17, 15) is 4.79 Å². The van der Waals surface area contributed by atoms with Gasteiger partial charge in [0.05, 0.1) is 23.2 Å². The highest BCUT2D eigenvalue weighted by Gasteiger charge is 2.43. The number of methoxy groups -OCH3 is 1. The van der Waals surface area contributed by atoms with Crippen molar-refractivity contribution < 1.29 is 9.53 Å². The first-order valence-corrected chi connectivity index (χ1v) is 7.17. The third kappa shape index (κ3) is 2.90. The Morgan fingerprint density at radius 1 is 1.67 bits per heavy atom. The van der Waals surface area contributed by atoms with E-state index in [0.29, 0.717) is 18.9 Å². The van der Waals surface area contributed by atoms with Gasteiger partial charge in [0, 0.05) is 18.3 Å². The molecule has 2 N–H and O–H groups in total.